The van der Waals surface area contributed by atoms with E-state index in [1.165, 1.54) is 25.3 Å². The van der Waals surface area contributed by atoms with Crippen molar-refractivity contribution in [3.05, 3.63) is 94.0 Å². The van der Waals surface area contributed by atoms with Crippen molar-refractivity contribution in [2.75, 3.05) is 12.4 Å². The van der Waals surface area contributed by atoms with Crippen LogP contribution in [-0.2, 0) is 10.2 Å². The van der Waals surface area contributed by atoms with E-state index in [2.05, 4.69) is 5.32 Å². The molecule has 3 aromatic carbocycles. The molecule has 1 saturated carbocycles. The molecule has 1 aliphatic carbocycles. The molecule has 0 aromatic heterocycles. The number of ether oxygens (including phenoxy) is 1. The molecule has 0 aliphatic heterocycles. The minimum Gasteiger partial charge on any atom is -0.493 e. The summed E-state index contributed by atoms with van der Waals surface area (Å²) in [6.07, 6.45) is 0. The molecule has 0 saturated heterocycles. The van der Waals surface area contributed by atoms with Gasteiger partial charge in [-0.05, 0) is 47.5 Å². The first-order valence-electron chi connectivity index (χ1n) is 9.92. The Morgan fingerprint density at radius 3 is 2.29 bits per heavy atom. The number of carbonyl (C=O) groups excluding carboxylic acids is 2. The average Bonchev–Trinajstić information content (AvgIpc) is 3.33. The van der Waals surface area contributed by atoms with E-state index >= 15 is 4.39 Å². The number of primary amides is 1. The molecule has 3 N–H and O–H groups in total. The van der Waals surface area contributed by atoms with Gasteiger partial charge in [0.15, 0.2) is 11.6 Å². The third kappa shape index (κ3) is 3.68. The lowest BCUT2D eigenvalue weighted by Crippen LogP contribution is -2.34. The predicted octanol–water partition coefficient (Wildman–Crippen LogP) is 5.57. The number of halogens is 5. The summed E-state index contributed by atoms with van der Waals surface area (Å²) < 4.78 is 32.1. The van der Waals surface area contributed by atoms with Crippen LogP contribution in [0.3, 0.4) is 0 Å². The molecule has 0 radical (unpaired) electrons. The van der Waals surface area contributed by atoms with E-state index in [0.717, 1.165) is 12.1 Å². The monoisotopic (exact) mass is 524 g/mol. The Morgan fingerprint density at radius 1 is 1.03 bits per heavy atom. The Hall–Kier alpha value is -2.87. The first kappa shape index (κ1) is 24.3. The number of amides is 2. The fourth-order valence-corrected chi connectivity index (χ4v) is 5.56. The topological polar surface area (TPSA) is 81.4 Å². The van der Waals surface area contributed by atoms with Crippen LogP contribution in [0.1, 0.15) is 27.4 Å². The fourth-order valence-electron chi connectivity index (χ4n) is 4.28. The number of anilines is 1. The summed E-state index contributed by atoms with van der Waals surface area (Å²) in [6.45, 7) is 0. The zero-order chi connectivity index (χ0) is 24.8. The molecular formula is C24H17Cl3F2N2O3. The average molecular weight is 526 g/mol. The van der Waals surface area contributed by atoms with Gasteiger partial charge in [0, 0.05) is 11.6 Å². The molecule has 1 fully saturated rings. The van der Waals surface area contributed by atoms with E-state index in [4.69, 9.17) is 45.3 Å². The third-order valence-electron chi connectivity index (χ3n) is 5.88. The first-order valence-corrected chi connectivity index (χ1v) is 11.1. The molecule has 0 heterocycles. The van der Waals surface area contributed by atoms with Gasteiger partial charge in [-0.1, -0.05) is 59.1 Å². The van der Waals surface area contributed by atoms with Crippen LogP contribution in [0, 0.1) is 11.6 Å². The number of alkyl halides is 2. The molecule has 176 valence electrons. The van der Waals surface area contributed by atoms with Crippen LogP contribution in [0.2, 0.25) is 5.02 Å². The van der Waals surface area contributed by atoms with Crippen LogP contribution in [0.5, 0.6) is 5.75 Å². The highest BCUT2D eigenvalue weighted by atomic mass is 35.5. The standard InChI is InChI=1S/C24H17Cl3F2N2O3/c1-34-19-15(21(32)31-14-5-3-2-4-6-14)10-13(11-18(19)29)23(22(30)33)20(24(23,26)27)12-7-8-17(28)16(25)9-12/h2-11,20H,1H3,(H2,30,33)(H,31,32). The second-order valence-corrected chi connectivity index (χ2v) is 9.55. The van der Waals surface area contributed by atoms with Crippen molar-refractivity contribution in [2.24, 2.45) is 5.73 Å². The fraction of sp³-hybridized carbons (Fsp3) is 0.167. The third-order valence-corrected chi connectivity index (χ3v) is 7.21. The lowest BCUT2D eigenvalue weighted by atomic mass is 9.88. The second-order valence-electron chi connectivity index (χ2n) is 7.76. The van der Waals surface area contributed by atoms with Gasteiger partial charge < -0.3 is 15.8 Å². The number of benzene rings is 3. The van der Waals surface area contributed by atoms with Crippen molar-refractivity contribution in [1.29, 1.82) is 0 Å². The van der Waals surface area contributed by atoms with Gasteiger partial charge >= 0.3 is 0 Å². The maximum absolute atomic E-state index is 15.1. The molecule has 0 bridgehead atoms. The quantitative estimate of drug-likeness (QED) is 0.413. The zero-order valence-electron chi connectivity index (χ0n) is 17.5. The van der Waals surface area contributed by atoms with Crippen LogP contribution in [0.25, 0.3) is 0 Å². The minimum atomic E-state index is -1.83. The highest BCUT2D eigenvalue weighted by Gasteiger charge is 2.81. The molecule has 0 spiro atoms. The van der Waals surface area contributed by atoms with Gasteiger partial charge in [0.2, 0.25) is 5.91 Å². The Labute approximate surface area is 208 Å². The van der Waals surface area contributed by atoms with E-state index in [9.17, 15) is 14.0 Å². The molecule has 2 unspecified atom stereocenters. The van der Waals surface area contributed by atoms with Gasteiger partial charge in [-0.15, -0.1) is 0 Å². The van der Waals surface area contributed by atoms with Crippen LogP contribution < -0.4 is 15.8 Å². The van der Waals surface area contributed by atoms with Crippen LogP contribution >= 0.6 is 34.8 Å². The number of rotatable bonds is 6. The van der Waals surface area contributed by atoms with Crippen LogP contribution in [0.15, 0.2) is 60.7 Å². The zero-order valence-corrected chi connectivity index (χ0v) is 19.8. The number of carbonyl (C=O) groups is 2. The van der Waals surface area contributed by atoms with E-state index in [1.54, 1.807) is 30.3 Å². The van der Waals surface area contributed by atoms with E-state index in [0.29, 0.717) is 11.3 Å². The van der Waals surface area contributed by atoms with Gasteiger partial charge in [0.25, 0.3) is 5.91 Å². The van der Waals surface area contributed by atoms with Crippen molar-refractivity contribution >= 4 is 52.3 Å². The minimum absolute atomic E-state index is 0.0352. The van der Waals surface area contributed by atoms with E-state index < -0.39 is 39.1 Å². The lowest BCUT2D eigenvalue weighted by Gasteiger charge is -2.19. The van der Waals surface area contributed by atoms with E-state index in [-0.39, 0.29) is 21.9 Å². The van der Waals surface area contributed by atoms with E-state index in [1.807, 2.05) is 0 Å². The maximum Gasteiger partial charge on any atom is 0.259 e. The predicted molar refractivity (Wildman–Crippen MR) is 127 cm³/mol. The number of hydrogen-bond donors (Lipinski definition) is 2. The van der Waals surface area contributed by atoms with Gasteiger partial charge in [-0.2, -0.15) is 0 Å². The molecule has 1 aliphatic rings. The summed E-state index contributed by atoms with van der Waals surface area (Å²) in [5.41, 5.74) is 4.45. The summed E-state index contributed by atoms with van der Waals surface area (Å²) in [6, 6.07) is 14.5. The molecule has 3 aromatic rings. The number of para-hydroxylation sites is 1. The van der Waals surface area contributed by atoms with Crippen molar-refractivity contribution in [1.82, 2.24) is 0 Å². The molecule has 4 rings (SSSR count). The van der Waals surface area contributed by atoms with Gasteiger partial charge in [0.05, 0.1) is 17.7 Å². The van der Waals surface area contributed by atoms with Crippen LogP contribution in [-0.4, -0.2) is 23.3 Å². The van der Waals surface area contributed by atoms with Crippen molar-refractivity contribution in [3.63, 3.8) is 0 Å². The largest absolute Gasteiger partial charge is 0.493 e. The van der Waals surface area contributed by atoms with Crippen LogP contribution in [0.4, 0.5) is 14.5 Å². The summed E-state index contributed by atoms with van der Waals surface area (Å²) >= 11 is 19.0. The SMILES string of the molecule is COc1c(F)cc(C2(C(N)=O)C(c3ccc(F)c(Cl)c3)C2(Cl)Cl)cc1C(=O)Nc1ccccc1. The summed E-state index contributed by atoms with van der Waals surface area (Å²) in [4.78, 5) is 25.8. The van der Waals surface area contributed by atoms with Gasteiger partial charge in [-0.3, -0.25) is 9.59 Å². The normalized spacial score (nSPS) is 20.5. The lowest BCUT2D eigenvalue weighted by molar-refractivity contribution is -0.120. The Bertz CT molecular complexity index is 1300. The highest BCUT2D eigenvalue weighted by Crippen LogP contribution is 2.74. The molecule has 34 heavy (non-hydrogen) atoms. The maximum atomic E-state index is 15.1. The molecule has 2 atom stereocenters. The number of nitrogens with one attached hydrogen (secondary N) is 1. The smallest absolute Gasteiger partial charge is 0.259 e. The first-order chi connectivity index (χ1) is 16.0. The molecule has 2 amide bonds. The van der Waals surface area contributed by atoms with Crippen molar-refractivity contribution in [2.45, 2.75) is 15.7 Å². The molecular weight excluding hydrogens is 509 g/mol. The van der Waals surface area contributed by atoms with Gasteiger partial charge in [-0.25, -0.2) is 8.78 Å². The summed E-state index contributed by atoms with van der Waals surface area (Å²) in [5.74, 6) is -4.58. The summed E-state index contributed by atoms with van der Waals surface area (Å²) in [5, 5.41) is 2.43. The van der Waals surface area contributed by atoms with Crippen molar-refractivity contribution < 1.29 is 23.1 Å². The Kier molecular flexibility index (Phi) is 6.23. The number of hydrogen-bond acceptors (Lipinski definition) is 3. The molecule has 5 nitrogen and oxygen atoms in total. The van der Waals surface area contributed by atoms with Gasteiger partial charge in [0.1, 0.15) is 15.6 Å². The van der Waals surface area contributed by atoms with Crippen molar-refractivity contribution in [3.8, 4) is 5.75 Å². The molecule has 10 heteroatoms. The number of methoxy groups -OCH3 is 1. The Morgan fingerprint density at radius 2 is 1.71 bits per heavy atom. The summed E-state index contributed by atoms with van der Waals surface area (Å²) in [7, 11) is 1.20. The number of nitrogens with two attached hydrogens (primary N) is 1. The second kappa shape index (κ2) is 8.73. The highest BCUT2D eigenvalue weighted by molar-refractivity contribution is 6.55. The Balaban J connectivity index is 1.85.